The van der Waals surface area contributed by atoms with Crippen LogP contribution in [0.3, 0.4) is 0 Å². The lowest BCUT2D eigenvalue weighted by molar-refractivity contribution is -0.385. The van der Waals surface area contributed by atoms with Crippen molar-refractivity contribution in [2.45, 2.75) is 32.2 Å². The SMILES string of the molecule is O=[N+]([O-])c1cc(Br)ccc1CNCCN1CCCCCC1. The Morgan fingerprint density at radius 3 is 2.62 bits per heavy atom. The van der Waals surface area contributed by atoms with Crippen molar-refractivity contribution in [3.05, 3.63) is 38.3 Å². The summed E-state index contributed by atoms with van der Waals surface area (Å²) < 4.78 is 0.738. The van der Waals surface area contributed by atoms with Crippen LogP contribution in [0.15, 0.2) is 22.7 Å². The molecule has 0 saturated carbocycles. The molecule has 6 heteroatoms. The first kappa shape index (κ1) is 16.4. The lowest BCUT2D eigenvalue weighted by Gasteiger charge is -2.19. The first-order valence-corrected chi connectivity index (χ1v) is 8.32. The summed E-state index contributed by atoms with van der Waals surface area (Å²) in [6, 6.07) is 5.21. The zero-order valence-corrected chi connectivity index (χ0v) is 13.8. The first-order chi connectivity index (χ1) is 10.2. The van der Waals surface area contributed by atoms with Crippen LogP contribution in [-0.4, -0.2) is 36.0 Å². The van der Waals surface area contributed by atoms with Gasteiger partial charge in [0.15, 0.2) is 0 Å². The summed E-state index contributed by atoms with van der Waals surface area (Å²) in [7, 11) is 0. The van der Waals surface area contributed by atoms with Crippen LogP contribution in [0.2, 0.25) is 0 Å². The van der Waals surface area contributed by atoms with Gasteiger partial charge in [0.25, 0.3) is 5.69 Å². The van der Waals surface area contributed by atoms with Gasteiger partial charge in [-0.3, -0.25) is 10.1 Å². The Kier molecular flexibility index (Phi) is 6.60. The van der Waals surface area contributed by atoms with Gasteiger partial charge in [-0.15, -0.1) is 0 Å². The van der Waals surface area contributed by atoms with Crippen LogP contribution in [-0.2, 0) is 6.54 Å². The van der Waals surface area contributed by atoms with E-state index in [1.54, 1.807) is 12.1 Å². The topological polar surface area (TPSA) is 58.4 Å². The molecule has 0 unspecified atom stereocenters. The molecule has 1 aliphatic rings. The number of nitro groups is 1. The molecule has 0 radical (unpaired) electrons. The van der Waals surface area contributed by atoms with E-state index in [0.29, 0.717) is 6.54 Å². The summed E-state index contributed by atoms with van der Waals surface area (Å²) in [4.78, 5) is 13.2. The van der Waals surface area contributed by atoms with Crippen LogP contribution in [0.25, 0.3) is 0 Å². The minimum atomic E-state index is -0.323. The Morgan fingerprint density at radius 1 is 1.24 bits per heavy atom. The average Bonchev–Trinajstić information content (AvgIpc) is 2.73. The fourth-order valence-electron chi connectivity index (χ4n) is 2.68. The maximum absolute atomic E-state index is 11.0. The van der Waals surface area contributed by atoms with Crippen LogP contribution in [0, 0.1) is 10.1 Å². The molecule has 21 heavy (non-hydrogen) atoms. The molecule has 0 aliphatic carbocycles. The first-order valence-electron chi connectivity index (χ1n) is 7.53. The van der Waals surface area contributed by atoms with E-state index in [0.717, 1.165) is 23.1 Å². The Morgan fingerprint density at radius 2 is 1.95 bits per heavy atom. The molecule has 1 fully saturated rings. The third-order valence-electron chi connectivity index (χ3n) is 3.86. The van der Waals surface area contributed by atoms with E-state index in [1.165, 1.54) is 38.8 Å². The van der Waals surface area contributed by atoms with E-state index < -0.39 is 0 Å². The van der Waals surface area contributed by atoms with E-state index in [1.807, 2.05) is 6.07 Å². The zero-order chi connectivity index (χ0) is 15.1. The van der Waals surface area contributed by atoms with Crippen molar-refractivity contribution < 1.29 is 4.92 Å². The van der Waals surface area contributed by atoms with Crippen molar-refractivity contribution >= 4 is 21.6 Å². The van der Waals surface area contributed by atoms with Gasteiger partial charge in [-0.2, -0.15) is 0 Å². The largest absolute Gasteiger partial charge is 0.311 e. The molecular weight excluding hydrogens is 334 g/mol. The molecule has 1 aromatic carbocycles. The number of rotatable bonds is 6. The molecule has 0 bridgehead atoms. The Balaban J connectivity index is 1.79. The molecule has 1 aliphatic heterocycles. The van der Waals surface area contributed by atoms with Gasteiger partial charge < -0.3 is 10.2 Å². The van der Waals surface area contributed by atoms with Gasteiger partial charge in [-0.25, -0.2) is 0 Å². The van der Waals surface area contributed by atoms with Crippen LogP contribution in [0.4, 0.5) is 5.69 Å². The number of nitrogens with one attached hydrogen (secondary N) is 1. The van der Waals surface area contributed by atoms with Gasteiger partial charge in [-0.05, 0) is 38.1 Å². The molecule has 1 aromatic rings. The van der Waals surface area contributed by atoms with E-state index in [2.05, 4.69) is 26.1 Å². The fraction of sp³-hybridized carbons (Fsp3) is 0.600. The van der Waals surface area contributed by atoms with Gasteiger partial charge in [-0.1, -0.05) is 28.8 Å². The predicted molar refractivity (Wildman–Crippen MR) is 87.4 cm³/mol. The number of hydrogen-bond acceptors (Lipinski definition) is 4. The predicted octanol–water partition coefficient (Wildman–Crippen LogP) is 3.32. The minimum absolute atomic E-state index is 0.173. The van der Waals surface area contributed by atoms with Gasteiger partial charge >= 0.3 is 0 Å². The molecule has 0 amide bonds. The van der Waals surface area contributed by atoms with Crippen LogP contribution in [0.5, 0.6) is 0 Å². The third kappa shape index (κ3) is 5.37. The summed E-state index contributed by atoms with van der Waals surface area (Å²) in [5.74, 6) is 0. The number of likely N-dealkylation sites (tertiary alicyclic amines) is 1. The number of hydrogen-bond donors (Lipinski definition) is 1. The van der Waals surface area contributed by atoms with Gasteiger partial charge in [0.1, 0.15) is 0 Å². The number of nitrogens with zero attached hydrogens (tertiary/aromatic N) is 2. The molecule has 0 spiro atoms. The standard InChI is InChI=1S/C15H22BrN3O2/c16-14-6-5-13(15(11-14)19(20)21)12-17-7-10-18-8-3-1-2-4-9-18/h5-6,11,17H,1-4,7-10,12H2. The van der Waals surface area contributed by atoms with Crippen molar-refractivity contribution in [2.75, 3.05) is 26.2 Å². The molecule has 1 heterocycles. The number of halogens is 1. The highest BCUT2D eigenvalue weighted by Gasteiger charge is 2.14. The summed E-state index contributed by atoms with van der Waals surface area (Å²) in [5.41, 5.74) is 0.908. The van der Waals surface area contributed by atoms with Crippen molar-refractivity contribution in [1.82, 2.24) is 10.2 Å². The summed E-state index contributed by atoms with van der Waals surface area (Å²) in [6.45, 7) is 4.79. The van der Waals surface area contributed by atoms with E-state index >= 15 is 0 Å². The van der Waals surface area contributed by atoms with E-state index in [-0.39, 0.29) is 10.6 Å². The fourth-order valence-corrected chi connectivity index (χ4v) is 3.03. The van der Waals surface area contributed by atoms with Crippen molar-refractivity contribution in [3.63, 3.8) is 0 Å². The quantitative estimate of drug-likeness (QED) is 0.483. The second-order valence-electron chi connectivity index (χ2n) is 5.46. The van der Waals surface area contributed by atoms with Gasteiger partial charge in [0.2, 0.25) is 0 Å². The second-order valence-corrected chi connectivity index (χ2v) is 6.38. The van der Waals surface area contributed by atoms with E-state index in [9.17, 15) is 10.1 Å². The van der Waals surface area contributed by atoms with Crippen molar-refractivity contribution in [3.8, 4) is 0 Å². The highest BCUT2D eigenvalue weighted by molar-refractivity contribution is 9.10. The normalized spacial score (nSPS) is 16.6. The van der Waals surface area contributed by atoms with Gasteiger partial charge in [0.05, 0.1) is 4.92 Å². The third-order valence-corrected chi connectivity index (χ3v) is 4.36. The van der Waals surface area contributed by atoms with Crippen LogP contribution in [0.1, 0.15) is 31.2 Å². The second kappa shape index (κ2) is 8.46. The smallest absolute Gasteiger partial charge is 0.275 e. The molecule has 5 nitrogen and oxygen atoms in total. The zero-order valence-electron chi connectivity index (χ0n) is 12.2. The minimum Gasteiger partial charge on any atom is -0.311 e. The van der Waals surface area contributed by atoms with Crippen molar-refractivity contribution in [1.29, 1.82) is 0 Å². The molecule has 1 N–H and O–H groups in total. The molecule has 1 saturated heterocycles. The van der Waals surface area contributed by atoms with Crippen LogP contribution >= 0.6 is 15.9 Å². The van der Waals surface area contributed by atoms with Crippen molar-refractivity contribution in [2.24, 2.45) is 0 Å². The molecule has 0 aromatic heterocycles. The van der Waals surface area contributed by atoms with E-state index in [4.69, 9.17) is 0 Å². The summed E-state index contributed by atoms with van der Waals surface area (Å²) in [5, 5.41) is 14.4. The highest BCUT2D eigenvalue weighted by atomic mass is 79.9. The Hall–Kier alpha value is -0.980. The van der Waals surface area contributed by atoms with Gasteiger partial charge in [0, 0.05) is 35.7 Å². The lowest BCUT2D eigenvalue weighted by atomic mass is 10.2. The van der Waals surface area contributed by atoms with Crippen LogP contribution < -0.4 is 5.32 Å². The summed E-state index contributed by atoms with van der Waals surface area (Å²) in [6.07, 6.45) is 5.26. The molecule has 116 valence electrons. The number of benzene rings is 1. The Labute approximate surface area is 134 Å². The Bertz CT molecular complexity index is 474. The highest BCUT2D eigenvalue weighted by Crippen LogP contribution is 2.23. The molecular formula is C15H22BrN3O2. The average molecular weight is 356 g/mol. The molecule has 0 atom stereocenters. The number of nitro benzene ring substituents is 1. The lowest BCUT2D eigenvalue weighted by Crippen LogP contribution is -2.32. The summed E-state index contributed by atoms with van der Waals surface area (Å²) >= 11 is 3.27. The monoisotopic (exact) mass is 355 g/mol. The maximum atomic E-state index is 11.0. The molecule has 2 rings (SSSR count). The maximum Gasteiger partial charge on any atom is 0.275 e.